The van der Waals surface area contributed by atoms with E-state index in [1.165, 1.54) is 21.3 Å². The summed E-state index contributed by atoms with van der Waals surface area (Å²) in [5.74, 6) is 0.359. The molecule has 0 fully saturated rings. The second-order valence-corrected chi connectivity index (χ2v) is 9.18. The Hall–Kier alpha value is -3.48. The predicted octanol–water partition coefficient (Wildman–Crippen LogP) is 4.71. The number of fused-ring (bicyclic) bond motifs is 1. The quantitative estimate of drug-likeness (QED) is 0.412. The SMILES string of the molecule is CC(C)CCn1c(=O)c2c(ncn2Cc2cccc(F)c2)n(-c2ccc(C(C)C)cc2)c1=O. The van der Waals surface area contributed by atoms with E-state index in [-0.39, 0.29) is 17.9 Å². The topological polar surface area (TPSA) is 61.8 Å². The molecule has 0 atom stereocenters. The monoisotopic (exact) mass is 448 g/mol. The molecular weight excluding hydrogens is 419 g/mol. The number of nitrogens with zero attached hydrogens (tertiary/aromatic N) is 4. The number of benzene rings is 2. The molecule has 172 valence electrons. The van der Waals surface area contributed by atoms with E-state index >= 15 is 0 Å². The summed E-state index contributed by atoms with van der Waals surface area (Å²) in [6.45, 7) is 8.93. The summed E-state index contributed by atoms with van der Waals surface area (Å²) >= 11 is 0. The van der Waals surface area contributed by atoms with Crippen molar-refractivity contribution in [2.45, 2.75) is 53.1 Å². The zero-order valence-corrected chi connectivity index (χ0v) is 19.5. The Kier molecular flexibility index (Phi) is 6.31. The van der Waals surface area contributed by atoms with Crippen LogP contribution in [0.3, 0.4) is 0 Å². The van der Waals surface area contributed by atoms with Crippen molar-refractivity contribution in [2.75, 3.05) is 0 Å². The van der Waals surface area contributed by atoms with Crippen LogP contribution < -0.4 is 11.2 Å². The lowest BCUT2D eigenvalue weighted by Gasteiger charge is -2.14. The van der Waals surface area contributed by atoms with Crippen molar-refractivity contribution in [2.24, 2.45) is 5.92 Å². The number of aromatic nitrogens is 4. The van der Waals surface area contributed by atoms with Crippen LogP contribution in [0.5, 0.6) is 0 Å². The van der Waals surface area contributed by atoms with Gasteiger partial charge in [-0.25, -0.2) is 18.7 Å². The van der Waals surface area contributed by atoms with Gasteiger partial charge in [0, 0.05) is 13.1 Å². The summed E-state index contributed by atoms with van der Waals surface area (Å²) in [6, 6.07) is 14.0. The molecule has 0 aliphatic heterocycles. The number of hydrogen-bond donors (Lipinski definition) is 0. The Bertz CT molecular complexity index is 1390. The highest BCUT2D eigenvalue weighted by atomic mass is 19.1. The van der Waals surface area contributed by atoms with Gasteiger partial charge in [-0.2, -0.15) is 0 Å². The first-order valence-electron chi connectivity index (χ1n) is 11.3. The second kappa shape index (κ2) is 9.17. The standard InChI is InChI=1S/C26H29FN4O2/c1-17(2)12-13-30-25(32)23-24(28-16-29(23)15-19-6-5-7-21(27)14-19)31(26(30)33)22-10-8-20(9-11-22)18(3)4/h5-11,14,16-18H,12-13,15H2,1-4H3. The lowest BCUT2D eigenvalue weighted by atomic mass is 10.0. The molecule has 2 heterocycles. The molecule has 0 saturated heterocycles. The van der Waals surface area contributed by atoms with Gasteiger partial charge in [0.1, 0.15) is 5.82 Å². The van der Waals surface area contributed by atoms with Crippen LogP contribution in [0.2, 0.25) is 0 Å². The lowest BCUT2D eigenvalue weighted by molar-refractivity contribution is 0.491. The third-order valence-corrected chi connectivity index (χ3v) is 5.89. The molecule has 0 unspecified atom stereocenters. The fourth-order valence-corrected chi connectivity index (χ4v) is 3.96. The molecule has 0 aliphatic carbocycles. The first-order valence-corrected chi connectivity index (χ1v) is 11.3. The molecule has 0 saturated carbocycles. The van der Waals surface area contributed by atoms with Crippen LogP contribution in [0.4, 0.5) is 4.39 Å². The van der Waals surface area contributed by atoms with Gasteiger partial charge in [-0.05, 0) is 53.6 Å². The third-order valence-electron chi connectivity index (χ3n) is 5.89. The summed E-state index contributed by atoms with van der Waals surface area (Å²) in [7, 11) is 0. The minimum Gasteiger partial charge on any atom is -0.320 e. The van der Waals surface area contributed by atoms with Crippen molar-refractivity contribution in [1.82, 2.24) is 18.7 Å². The second-order valence-electron chi connectivity index (χ2n) is 9.18. The van der Waals surface area contributed by atoms with Gasteiger partial charge in [-0.3, -0.25) is 9.36 Å². The van der Waals surface area contributed by atoms with Crippen molar-refractivity contribution in [3.8, 4) is 5.69 Å². The van der Waals surface area contributed by atoms with Gasteiger partial charge < -0.3 is 4.57 Å². The Morgan fingerprint density at radius 3 is 2.36 bits per heavy atom. The molecule has 0 bridgehead atoms. The van der Waals surface area contributed by atoms with Gasteiger partial charge in [-0.15, -0.1) is 0 Å². The number of hydrogen-bond acceptors (Lipinski definition) is 3. The molecule has 0 N–H and O–H groups in total. The molecule has 4 rings (SSSR count). The van der Waals surface area contributed by atoms with Gasteiger partial charge in [0.15, 0.2) is 11.2 Å². The maximum atomic E-state index is 13.7. The number of rotatable bonds is 7. The van der Waals surface area contributed by atoms with Crippen molar-refractivity contribution in [3.63, 3.8) is 0 Å². The molecule has 0 amide bonds. The summed E-state index contributed by atoms with van der Waals surface area (Å²) in [5, 5.41) is 0. The third kappa shape index (κ3) is 4.53. The molecule has 0 spiro atoms. The van der Waals surface area contributed by atoms with Crippen molar-refractivity contribution < 1.29 is 4.39 Å². The highest BCUT2D eigenvalue weighted by Crippen LogP contribution is 2.19. The van der Waals surface area contributed by atoms with Crippen LogP contribution in [0.25, 0.3) is 16.9 Å². The van der Waals surface area contributed by atoms with Crippen LogP contribution in [-0.2, 0) is 13.1 Å². The summed E-state index contributed by atoms with van der Waals surface area (Å²) in [6.07, 6.45) is 2.24. The Morgan fingerprint density at radius 2 is 1.73 bits per heavy atom. The van der Waals surface area contributed by atoms with E-state index in [1.807, 2.05) is 24.3 Å². The minimum atomic E-state index is -0.401. The largest absolute Gasteiger partial charge is 0.337 e. The Labute approximate surface area is 191 Å². The first kappa shape index (κ1) is 22.7. The average Bonchev–Trinajstić information content (AvgIpc) is 3.17. The lowest BCUT2D eigenvalue weighted by Crippen LogP contribution is -2.40. The number of halogens is 1. The van der Waals surface area contributed by atoms with E-state index in [0.29, 0.717) is 47.2 Å². The Morgan fingerprint density at radius 1 is 1.00 bits per heavy atom. The van der Waals surface area contributed by atoms with E-state index in [1.54, 1.807) is 23.0 Å². The maximum Gasteiger partial charge on any atom is 0.337 e. The predicted molar refractivity (Wildman–Crippen MR) is 129 cm³/mol. The van der Waals surface area contributed by atoms with Gasteiger partial charge in [0.2, 0.25) is 0 Å². The highest BCUT2D eigenvalue weighted by molar-refractivity contribution is 5.72. The fourth-order valence-electron chi connectivity index (χ4n) is 3.96. The summed E-state index contributed by atoms with van der Waals surface area (Å²) < 4.78 is 18.2. The minimum absolute atomic E-state index is 0.276. The van der Waals surface area contributed by atoms with Crippen LogP contribution in [0.1, 0.15) is 51.2 Å². The van der Waals surface area contributed by atoms with E-state index in [9.17, 15) is 14.0 Å². The number of imidazole rings is 1. The van der Waals surface area contributed by atoms with Crippen molar-refractivity contribution >= 4 is 11.2 Å². The molecule has 4 aromatic rings. The Balaban J connectivity index is 1.93. The van der Waals surface area contributed by atoms with E-state index < -0.39 is 5.69 Å². The van der Waals surface area contributed by atoms with Gasteiger partial charge in [-0.1, -0.05) is 52.0 Å². The molecule has 6 nitrogen and oxygen atoms in total. The normalized spacial score (nSPS) is 11.7. The zero-order valence-electron chi connectivity index (χ0n) is 19.5. The smallest absolute Gasteiger partial charge is 0.320 e. The van der Waals surface area contributed by atoms with Crippen LogP contribution in [0, 0.1) is 11.7 Å². The van der Waals surface area contributed by atoms with E-state index in [2.05, 4.69) is 32.7 Å². The van der Waals surface area contributed by atoms with E-state index in [0.717, 1.165) is 5.56 Å². The zero-order chi connectivity index (χ0) is 23.7. The molecular formula is C26H29FN4O2. The van der Waals surface area contributed by atoms with Crippen LogP contribution in [-0.4, -0.2) is 18.7 Å². The van der Waals surface area contributed by atoms with Gasteiger partial charge in [0.25, 0.3) is 5.56 Å². The average molecular weight is 449 g/mol. The molecule has 0 aliphatic rings. The van der Waals surface area contributed by atoms with Crippen molar-refractivity contribution in [3.05, 3.63) is 92.6 Å². The molecule has 7 heteroatoms. The highest BCUT2D eigenvalue weighted by Gasteiger charge is 2.19. The summed E-state index contributed by atoms with van der Waals surface area (Å²) in [4.78, 5) is 31.4. The molecule has 2 aromatic heterocycles. The van der Waals surface area contributed by atoms with E-state index in [4.69, 9.17) is 0 Å². The van der Waals surface area contributed by atoms with Crippen LogP contribution >= 0.6 is 0 Å². The summed E-state index contributed by atoms with van der Waals surface area (Å²) in [5.41, 5.74) is 2.38. The first-order chi connectivity index (χ1) is 15.8. The van der Waals surface area contributed by atoms with Gasteiger partial charge in [0.05, 0.1) is 12.0 Å². The molecule has 0 radical (unpaired) electrons. The maximum absolute atomic E-state index is 13.7. The van der Waals surface area contributed by atoms with Crippen LogP contribution in [0.15, 0.2) is 64.4 Å². The van der Waals surface area contributed by atoms with Crippen molar-refractivity contribution in [1.29, 1.82) is 0 Å². The molecule has 33 heavy (non-hydrogen) atoms. The fraction of sp³-hybridized carbons (Fsp3) is 0.346. The molecule has 2 aromatic carbocycles. The van der Waals surface area contributed by atoms with Gasteiger partial charge >= 0.3 is 5.69 Å².